The minimum atomic E-state index is -0.684. The highest BCUT2D eigenvalue weighted by atomic mass is 35.5. The third-order valence-electron chi connectivity index (χ3n) is 6.54. The summed E-state index contributed by atoms with van der Waals surface area (Å²) in [6.45, 7) is 4.07. The molecule has 1 aromatic rings. The van der Waals surface area contributed by atoms with E-state index in [-0.39, 0.29) is 29.1 Å². The van der Waals surface area contributed by atoms with Gasteiger partial charge >= 0.3 is 0 Å². The second-order valence-corrected chi connectivity index (χ2v) is 9.06. The highest BCUT2D eigenvalue weighted by Gasteiger charge is 2.47. The number of allylic oxidation sites excluding steroid dienone is 4. The first-order chi connectivity index (χ1) is 14.2. The molecule has 2 atom stereocenters. The van der Waals surface area contributed by atoms with Crippen LogP contribution in [-0.2, 0) is 4.74 Å². The molecule has 2 fully saturated rings. The van der Waals surface area contributed by atoms with Crippen molar-refractivity contribution in [1.29, 1.82) is 0 Å². The van der Waals surface area contributed by atoms with Crippen molar-refractivity contribution in [1.82, 2.24) is 9.97 Å². The Morgan fingerprint density at radius 1 is 1.30 bits per heavy atom. The largest absolute Gasteiger partial charge is 0.383 e. The molecule has 3 aliphatic rings. The van der Waals surface area contributed by atoms with Gasteiger partial charge in [0.1, 0.15) is 11.5 Å². The summed E-state index contributed by atoms with van der Waals surface area (Å²) < 4.78 is 5.78. The van der Waals surface area contributed by atoms with Gasteiger partial charge in [-0.2, -0.15) is 4.98 Å². The lowest BCUT2D eigenvalue weighted by Crippen LogP contribution is -2.51. The number of rotatable bonds is 3. The topological polar surface area (TPSA) is 133 Å². The molecule has 1 spiro atoms. The first kappa shape index (κ1) is 21.4. The van der Waals surface area contributed by atoms with Gasteiger partial charge in [0, 0.05) is 24.5 Å². The van der Waals surface area contributed by atoms with Crippen molar-refractivity contribution in [3.8, 4) is 0 Å². The Balaban J connectivity index is 1.65. The molecule has 2 saturated heterocycles. The number of nitrogens with zero attached hydrogens (tertiary/aromatic N) is 3. The summed E-state index contributed by atoms with van der Waals surface area (Å²) in [5.74, 6) is -0.130. The molecule has 1 amide bonds. The molecule has 6 N–H and O–H groups in total. The van der Waals surface area contributed by atoms with Crippen LogP contribution in [-0.4, -0.2) is 47.7 Å². The van der Waals surface area contributed by atoms with E-state index < -0.39 is 5.91 Å². The van der Waals surface area contributed by atoms with Crippen molar-refractivity contribution >= 4 is 46.4 Å². The number of anilines is 2. The lowest BCUT2D eigenvalue weighted by Gasteiger charge is -2.41. The van der Waals surface area contributed by atoms with Crippen LogP contribution in [0.1, 0.15) is 48.7 Å². The predicted octanol–water partition coefficient (Wildman–Crippen LogP) is 2.36. The summed E-state index contributed by atoms with van der Waals surface area (Å²) in [6.07, 6.45) is 4.84. The Morgan fingerprint density at radius 3 is 2.60 bits per heavy atom. The monoisotopic (exact) mass is 452 g/mol. The summed E-state index contributed by atoms with van der Waals surface area (Å²) in [7, 11) is 0. The number of hydrogen-bond donors (Lipinski definition) is 3. The van der Waals surface area contributed by atoms with Crippen LogP contribution >= 0.6 is 23.2 Å². The summed E-state index contributed by atoms with van der Waals surface area (Å²) in [6, 6.07) is 0.00683. The van der Waals surface area contributed by atoms with Crippen LogP contribution in [0.15, 0.2) is 16.1 Å². The van der Waals surface area contributed by atoms with Crippen LogP contribution in [0.2, 0.25) is 0 Å². The van der Waals surface area contributed by atoms with E-state index in [2.05, 4.69) is 9.97 Å². The Morgan fingerprint density at radius 2 is 2.00 bits per heavy atom. The van der Waals surface area contributed by atoms with Crippen molar-refractivity contribution in [3.63, 3.8) is 0 Å². The molecule has 2 aliphatic heterocycles. The number of ether oxygens (including phenoxy) is 1. The van der Waals surface area contributed by atoms with Crippen LogP contribution < -0.4 is 22.1 Å². The molecular formula is C20H26Cl2N6O2. The molecule has 1 aromatic heterocycles. The number of hydrogen-bond acceptors (Lipinski definition) is 7. The number of nitrogens with two attached hydrogens (primary N) is 3. The van der Waals surface area contributed by atoms with Crippen LogP contribution in [0, 0.1) is 5.41 Å². The molecule has 0 bridgehead atoms. The molecule has 0 radical (unpaired) electrons. The first-order valence-corrected chi connectivity index (χ1v) is 10.8. The summed E-state index contributed by atoms with van der Waals surface area (Å²) in [5.41, 5.74) is 19.4. The maximum absolute atomic E-state index is 12.2. The van der Waals surface area contributed by atoms with Gasteiger partial charge in [0.15, 0.2) is 0 Å². The third-order valence-corrected chi connectivity index (χ3v) is 7.41. The molecule has 0 unspecified atom stereocenters. The quantitative estimate of drug-likeness (QED) is 0.640. The molecule has 0 saturated carbocycles. The first-order valence-electron chi connectivity index (χ1n) is 10.1. The smallest absolute Gasteiger partial charge is 0.268 e. The fourth-order valence-electron chi connectivity index (χ4n) is 4.63. The molecule has 162 valence electrons. The van der Waals surface area contributed by atoms with E-state index in [4.69, 9.17) is 45.1 Å². The fourth-order valence-corrected chi connectivity index (χ4v) is 5.12. The molecule has 4 rings (SSSR count). The van der Waals surface area contributed by atoms with Crippen molar-refractivity contribution in [2.24, 2.45) is 16.9 Å². The maximum atomic E-state index is 12.2. The third kappa shape index (κ3) is 3.56. The number of aromatic nitrogens is 2. The van der Waals surface area contributed by atoms with E-state index in [1.54, 1.807) is 0 Å². The van der Waals surface area contributed by atoms with Gasteiger partial charge in [0.2, 0.25) is 5.95 Å². The van der Waals surface area contributed by atoms with Gasteiger partial charge < -0.3 is 26.8 Å². The van der Waals surface area contributed by atoms with Crippen LogP contribution in [0.4, 0.5) is 11.8 Å². The lowest BCUT2D eigenvalue weighted by atomic mass is 9.73. The fraction of sp³-hybridized carbons (Fsp3) is 0.550. The number of piperidine rings is 1. The standard InChI is InChI=1S/C20H26Cl2N6O2/c1-10-16(23)20(9-30-10)5-7-28(8-6-20)19-26-15(18(25)29)13(17(24)27-19)11-3-2-4-12(21)14(11)22/h4,10,16H,2-3,5-9,23H2,1H3,(H2,25,29)(H2,24,26,27)/t10-,16+/m0/s1. The highest BCUT2D eigenvalue weighted by molar-refractivity contribution is 6.46. The summed E-state index contributed by atoms with van der Waals surface area (Å²) in [5, 5.41) is 0.764. The second-order valence-electron chi connectivity index (χ2n) is 8.27. The van der Waals surface area contributed by atoms with Crippen molar-refractivity contribution < 1.29 is 9.53 Å². The number of nitrogen functional groups attached to an aromatic ring is 1. The van der Waals surface area contributed by atoms with Gasteiger partial charge in [0.25, 0.3) is 5.91 Å². The van der Waals surface area contributed by atoms with E-state index in [9.17, 15) is 4.79 Å². The van der Waals surface area contributed by atoms with Gasteiger partial charge in [-0.05, 0) is 38.2 Å². The molecule has 0 aromatic carbocycles. The van der Waals surface area contributed by atoms with E-state index in [0.29, 0.717) is 59.7 Å². The second kappa shape index (κ2) is 8.00. The zero-order valence-electron chi connectivity index (χ0n) is 16.8. The van der Waals surface area contributed by atoms with Crippen molar-refractivity contribution in [2.75, 3.05) is 30.3 Å². The summed E-state index contributed by atoms with van der Waals surface area (Å²) in [4.78, 5) is 23.2. The molecule has 1 aliphatic carbocycles. The van der Waals surface area contributed by atoms with Gasteiger partial charge in [-0.25, -0.2) is 4.98 Å². The predicted molar refractivity (Wildman–Crippen MR) is 118 cm³/mol. The van der Waals surface area contributed by atoms with E-state index in [1.807, 2.05) is 17.9 Å². The Kier molecular flexibility index (Phi) is 5.69. The van der Waals surface area contributed by atoms with E-state index >= 15 is 0 Å². The van der Waals surface area contributed by atoms with E-state index in [1.165, 1.54) is 0 Å². The molecule has 3 heterocycles. The van der Waals surface area contributed by atoms with Crippen LogP contribution in [0.5, 0.6) is 0 Å². The van der Waals surface area contributed by atoms with Crippen LogP contribution in [0.3, 0.4) is 0 Å². The normalized spacial score (nSPS) is 26.3. The van der Waals surface area contributed by atoms with E-state index in [0.717, 1.165) is 12.8 Å². The average Bonchev–Trinajstić information content (AvgIpc) is 2.99. The molecule has 30 heavy (non-hydrogen) atoms. The van der Waals surface area contributed by atoms with Crippen molar-refractivity contribution in [3.05, 3.63) is 27.4 Å². The maximum Gasteiger partial charge on any atom is 0.268 e. The number of carbonyl (C=O) groups is 1. The minimum absolute atomic E-state index is 0.00683. The molecular weight excluding hydrogens is 427 g/mol. The zero-order valence-corrected chi connectivity index (χ0v) is 18.3. The molecule has 10 heteroatoms. The van der Waals surface area contributed by atoms with Gasteiger partial charge in [0.05, 0.1) is 28.3 Å². The Hall–Kier alpha value is -1.87. The van der Waals surface area contributed by atoms with Gasteiger partial charge in [-0.3, -0.25) is 4.79 Å². The Bertz CT molecular complexity index is 939. The number of carbonyl (C=O) groups excluding carboxylic acids is 1. The SMILES string of the molecule is C[C@@H]1OCC2(CCN(c3nc(N)c(C4=C(Cl)C(Cl)=CCC4)c(C(N)=O)n3)CC2)[C@@H]1N. The number of halogens is 2. The zero-order chi connectivity index (χ0) is 21.6. The van der Waals surface area contributed by atoms with Crippen LogP contribution in [0.25, 0.3) is 5.57 Å². The molecule has 8 nitrogen and oxygen atoms in total. The van der Waals surface area contributed by atoms with Gasteiger partial charge in [-0.1, -0.05) is 29.3 Å². The number of primary amides is 1. The average molecular weight is 453 g/mol. The minimum Gasteiger partial charge on any atom is -0.383 e. The Labute approximate surface area is 185 Å². The number of amides is 1. The van der Waals surface area contributed by atoms with Gasteiger partial charge in [-0.15, -0.1) is 0 Å². The van der Waals surface area contributed by atoms with Crippen molar-refractivity contribution in [2.45, 2.75) is 44.8 Å². The lowest BCUT2D eigenvalue weighted by molar-refractivity contribution is 0.0973. The highest BCUT2D eigenvalue weighted by Crippen LogP contribution is 2.43. The summed E-state index contributed by atoms with van der Waals surface area (Å²) >= 11 is 12.6.